The van der Waals surface area contributed by atoms with E-state index in [0.29, 0.717) is 4.47 Å². The summed E-state index contributed by atoms with van der Waals surface area (Å²) >= 11 is 8.69. The third-order valence-electron chi connectivity index (χ3n) is 1.76. The topological polar surface area (TPSA) is 29.1 Å². The van der Waals surface area contributed by atoms with E-state index in [4.69, 9.17) is 11.6 Å². The Morgan fingerprint density at radius 3 is 2.47 bits per heavy atom. The van der Waals surface area contributed by atoms with Crippen LogP contribution in [0.3, 0.4) is 0 Å². The van der Waals surface area contributed by atoms with Gasteiger partial charge in [-0.3, -0.25) is 4.79 Å². The minimum absolute atomic E-state index is 0.0437. The predicted molar refractivity (Wildman–Crippen MR) is 58.7 cm³/mol. The molecule has 0 atom stereocenters. The Kier molecular flexibility index (Phi) is 4.37. The number of halogens is 6. The van der Waals surface area contributed by atoms with E-state index in [1.807, 2.05) is 0 Å². The summed E-state index contributed by atoms with van der Waals surface area (Å²) in [7, 11) is 0. The van der Waals surface area contributed by atoms with E-state index in [-0.39, 0.29) is 10.7 Å². The quantitative estimate of drug-likeness (QED) is 0.834. The van der Waals surface area contributed by atoms with Gasteiger partial charge in [-0.25, -0.2) is 8.78 Å². The summed E-state index contributed by atoms with van der Waals surface area (Å²) in [6, 6.07) is 3.96. The van der Waals surface area contributed by atoms with Crippen molar-refractivity contribution < 1.29 is 22.4 Å². The highest BCUT2D eigenvalue weighted by atomic mass is 79.9. The lowest BCUT2D eigenvalue weighted by molar-refractivity contribution is -0.163. The Balaban J connectivity index is 2.89. The summed E-state index contributed by atoms with van der Waals surface area (Å²) in [5.74, 6) is -6.85. The Labute approximate surface area is 107 Å². The highest BCUT2D eigenvalue weighted by Gasteiger charge is 2.49. The van der Waals surface area contributed by atoms with Crippen LogP contribution in [0.2, 0.25) is 5.02 Å². The van der Waals surface area contributed by atoms with Crippen LogP contribution in [0.5, 0.6) is 0 Å². The SMILES string of the molecule is O=C(Nc1ccc(Br)cc1Cl)C(F)(F)C(F)F. The molecule has 17 heavy (non-hydrogen) atoms. The molecule has 0 bridgehead atoms. The van der Waals surface area contributed by atoms with Crippen molar-refractivity contribution >= 4 is 39.1 Å². The summed E-state index contributed by atoms with van der Waals surface area (Å²) in [6.07, 6.45) is -4.07. The summed E-state index contributed by atoms with van der Waals surface area (Å²) < 4.78 is 49.6. The van der Waals surface area contributed by atoms with Crippen LogP contribution >= 0.6 is 27.5 Å². The molecule has 0 radical (unpaired) electrons. The van der Waals surface area contributed by atoms with Crippen LogP contribution in [-0.4, -0.2) is 18.3 Å². The molecule has 0 heterocycles. The molecule has 0 spiro atoms. The van der Waals surface area contributed by atoms with Crippen molar-refractivity contribution in [2.45, 2.75) is 12.3 Å². The molecule has 1 aromatic carbocycles. The average molecular weight is 334 g/mol. The predicted octanol–water partition coefficient (Wildman–Crippen LogP) is 3.94. The molecule has 1 rings (SSSR count). The smallest absolute Gasteiger partial charge is 0.319 e. The van der Waals surface area contributed by atoms with Gasteiger partial charge in [-0.2, -0.15) is 8.78 Å². The standard InChI is InChI=1S/C9H5BrClF4NO/c10-4-1-2-6(5(11)3-4)16-8(17)9(14,15)7(12)13/h1-3,7H,(H,16,17). The van der Waals surface area contributed by atoms with Gasteiger partial charge in [0, 0.05) is 4.47 Å². The number of benzene rings is 1. The Hall–Kier alpha value is -0.820. The highest BCUT2D eigenvalue weighted by Crippen LogP contribution is 2.29. The molecule has 0 fully saturated rings. The van der Waals surface area contributed by atoms with E-state index in [9.17, 15) is 22.4 Å². The molecule has 8 heteroatoms. The van der Waals surface area contributed by atoms with E-state index in [2.05, 4.69) is 15.9 Å². The van der Waals surface area contributed by atoms with E-state index in [0.717, 1.165) is 0 Å². The first-order valence-electron chi connectivity index (χ1n) is 4.17. The molecule has 0 saturated heterocycles. The van der Waals surface area contributed by atoms with Gasteiger partial charge in [0.15, 0.2) is 0 Å². The third-order valence-corrected chi connectivity index (χ3v) is 2.56. The number of rotatable bonds is 3. The Bertz CT molecular complexity index is 441. The number of carbonyl (C=O) groups is 1. The van der Waals surface area contributed by atoms with Crippen LogP contribution in [0.4, 0.5) is 23.2 Å². The molecule has 1 N–H and O–H groups in total. The monoisotopic (exact) mass is 333 g/mol. The maximum atomic E-state index is 12.6. The van der Waals surface area contributed by atoms with Gasteiger partial charge in [0.25, 0.3) is 0 Å². The van der Waals surface area contributed by atoms with E-state index >= 15 is 0 Å². The summed E-state index contributed by atoms with van der Waals surface area (Å²) in [4.78, 5) is 10.9. The van der Waals surface area contributed by atoms with Crippen LogP contribution in [0.25, 0.3) is 0 Å². The minimum Gasteiger partial charge on any atom is -0.319 e. The lowest BCUT2D eigenvalue weighted by Gasteiger charge is -2.15. The second-order valence-electron chi connectivity index (χ2n) is 3.00. The molecule has 0 aliphatic rings. The fourth-order valence-electron chi connectivity index (χ4n) is 0.896. The van der Waals surface area contributed by atoms with Gasteiger partial charge in [-0.05, 0) is 18.2 Å². The molecular formula is C9H5BrClF4NO. The molecule has 0 unspecified atom stereocenters. The molecule has 1 aromatic rings. The number of carbonyl (C=O) groups excluding carboxylic acids is 1. The van der Waals surface area contributed by atoms with Gasteiger partial charge in [0.2, 0.25) is 0 Å². The zero-order chi connectivity index (χ0) is 13.2. The molecule has 0 aliphatic heterocycles. The normalized spacial score (nSPS) is 11.7. The van der Waals surface area contributed by atoms with Gasteiger partial charge in [0.1, 0.15) is 0 Å². The second-order valence-corrected chi connectivity index (χ2v) is 4.32. The summed E-state index contributed by atoms with van der Waals surface area (Å²) in [5, 5.41) is 1.59. The molecule has 0 saturated carbocycles. The second kappa shape index (κ2) is 5.22. The molecule has 0 aromatic heterocycles. The zero-order valence-corrected chi connectivity index (χ0v) is 10.3. The average Bonchev–Trinajstić information content (AvgIpc) is 2.21. The maximum absolute atomic E-state index is 12.6. The fourth-order valence-corrected chi connectivity index (χ4v) is 1.62. The van der Waals surface area contributed by atoms with E-state index in [1.165, 1.54) is 18.2 Å². The van der Waals surface area contributed by atoms with Gasteiger partial charge < -0.3 is 5.32 Å². The summed E-state index contributed by atoms with van der Waals surface area (Å²) in [5.41, 5.74) is -0.166. The first-order chi connectivity index (χ1) is 7.75. The molecule has 1 amide bonds. The zero-order valence-electron chi connectivity index (χ0n) is 7.99. The van der Waals surface area contributed by atoms with Crippen molar-refractivity contribution in [3.05, 3.63) is 27.7 Å². The largest absolute Gasteiger partial charge is 0.383 e. The number of hydrogen-bond donors (Lipinski definition) is 1. The number of nitrogens with one attached hydrogen (secondary N) is 1. The molecular weight excluding hydrogens is 329 g/mol. The highest BCUT2D eigenvalue weighted by molar-refractivity contribution is 9.10. The lowest BCUT2D eigenvalue weighted by atomic mass is 10.2. The van der Waals surface area contributed by atoms with Gasteiger partial charge in [-0.1, -0.05) is 27.5 Å². The summed E-state index contributed by atoms with van der Waals surface area (Å²) in [6.45, 7) is 0. The van der Waals surface area contributed by atoms with Crippen molar-refractivity contribution in [2.24, 2.45) is 0 Å². The van der Waals surface area contributed by atoms with Crippen molar-refractivity contribution in [3.8, 4) is 0 Å². The number of hydrogen-bond acceptors (Lipinski definition) is 1. The third kappa shape index (κ3) is 3.32. The maximum Gasteiger partial charge on any atom is 0.383 e. The van der Waals surface area contributed by atoms with Crippen LogP contribution < -0.4 is 5.32 Å². The van der Waals surface area contributed by atoms with Crippen LogP contribution in [0, 0.1) is 0 Å². The molecule has 0 aliphatic carbocycles. The van der Waals surface area contributed by atoms with Crippen molar-refractivity contribution in [1.29, 1.82) is 0 Å². The number of alkyl halides is 4. The van der Waals surface area contributed by atoms with Crippen molar-refractivity contribution in [2.75, 3.05) is 5.32 Å². The number of amides is 1. The minimum atomic E-state index is -4.75. The lowest BCUT2D eigenvalue weighted by Crippen LogP contribution is -2.41. The van der Waals surface area contributed by atoms with Gasteiger partial charge in [0.05, 0.1) is 10.7 Å². The molecule has 94 valence electrons. The first kappa shape index (κ1) is 14.2. The van der Waals surface area contributed by atoms with E-state index < -0.39 is 18.3 Å². The Morgan fingerprint density at radius 2 is 2.00 bits per heavy atom. The van der Waals surface area contributed by atoms with E-state index in [1.54, 1.807) is 5.32 Å². The van der Waals surface area contributed by atoms with Gasteiger partial charge >= 0.3 is 18.3 Å². The van der Waals surface area contributed by atoms with Crippen molar-refractivity contribution in [1.82, 2.24) is 0 Å². The van der Waals surface area contributed by atoms with Crippen LogP contribution in [0.15, 0.2) is 22.7 Å². The van der Waals surface area contributed by atoms with Gasteiger partial charge in [-0.15, -0.1) is 0 Å². The first-order valence-corrected chi connectivity index (χ1v) is 5.34. The Morgan fingerprint density at radius 1 is 1.41 bits per heavy atom. The molecule has 2 nitrogen and oxygen atoms in total. The van der Waals surface area contributed by atoms with Crippen LogP contribution in [0.1, 0.15) is 0 Å². The fraction of sp³-hybridized carbons (Fsp3) is 0.222. The van der Waals surface area contributed by atoms with Crippen LogP contribution in [-0.2, 0) is 4.79 Å². The number of anilines is 1. The van der Waals surface area contributed by atoms with Crippen molar-refractivity contribution in [3.63, 3.8) is 0 Å².